The number of aromatic nitrogens is 2. The zero-order chi connectivity index (χ0) is 21.6. The fourth-order valence-corrected chi connectivity index (χ4v) is 3.28. The summed E-state index contributed by atoms with van der Waals surface area (Å²) in [4.78, 5) is 29.9. The predicted octanol–water partition coefficient (Wildman–Crippen LogP) is 2.20. The lowest BCUT2D eigenvalue weighted by molar-refractivity contribution is -0.385. The van der Waals surface area contributed by atoms with Crippen molar-refractivity contribution < 1.29 is 22.9 Å². The lowest BCUT2D eigenvalue weighted by Crippen LogP contribution is -2.20. The number of nitro benzene ring substituents is 1. The van der Waals surface area contributed by atoms with Crippen LogP contribution in [0, 0.1) is 10.1 Å². The van der Waals surface area contributed by atoms with Crippen molar-refractivity contribution in [2.45, 2.75) is 4.90 Å². The third kappa shape index (κ3) is 5.26. The monoisotopic (exact) mass is 429 g/mol. The fourth-order valence-electron chi connectivity index (χ4n) is 2.32. The quantitative estimate of drug-likeness (QED) is 0.408. The Kier molecular flexibility index (Phi) is 6.17. The molecule has 1 amide bonds. The third-order valence-electron chi connectivity index (χ3n) is 3.66. The summed E-state index contributed by atoms with van der Waals surface area (Å²) in [6.07, 6.45) is 2.80. The number of nitrogens with one attached hydrogen (secondary N) is 2. The summed E-state index contributed by atoms with van der Waals surface area (Å²) in [6, 6.07) is 12.6. The number of anilines is 2. The van der Waals surface area contributed by atoms with Crippen molar-refractivity contribution in [1.82, 2.24) is 9.97 Å². The smallest absolute Gasteiger partial charge is 0.310 e. The standard InChI is InChI=1S/C18H15N5O6S/c24-17(12-29-16-5-2-1-4-15(16)23(25)26)21-13-6-8-14(9-7-13)30(27,28)22-18-19-10-3-11-20-18/h1-11H,12H2,(H,21,24)(H,19,20,22). The SMILES string of the molecule is O=C(COc1ccccc1[N+](=O)[O-])Nc1ccc(S(=O)(=O)Nc2ncccn2)cc1. The first-order valence-electron chi connectivity index (χ1n) is 8.41. The van der Waals surface area contributed by atoms with Crippen LogP contribution < -0.4 is 14.8 Å². The molecule has 0 radical (unpaired) electrons. The lowest BCUT2D eigenvalue weighted by atomic mass is 10.3. The molecule has 0 fully saturated rings. The molecule has 0 aliphatic rings. The minimum Gasteiger partial charge on any atom is -0.477 e. The van der Waals surface area contributed by atoms with E-state index in [0.29, 0.717) is 5.69 Å². The maximum Gasteiger partial charge on any atom is 0.310 e. The molecule has 0 unspecified atom stereocenters. The average molecular weight is 429 g/mol. The molecule has 1 aromatic heterocycles. The van der Waals surface area contributed by atoms with Gasteiger partial charge in [-0.3, -0.25) is 14.9 Å². The molecule has 30 heavy (non-hydrogen) atoms. The molecule has 2 aromatic carbocycles. The van der Waals surface area contributed by atoms with E-state index in [-0.39, 0.29) is 22.3 Å². The van der Waals surface area contributed by atoms with Gasteiger partial charge in [-0.1, -0.05) is 12.1 Å². The Balaban J connectivity index is 1.60. The Morgan fingerprint density at radius 3 is 2.37 bits per heavy atom. The summed E-state index contributed by atoms with van der Waals surface area (Å²) in [7, 11) is -3.89. The highest BCUT2D eigenvalue weighted by atomic mass is 32.2. The molecule has 3 rings (SSSR count). The second-order valence-electron chi connectivity index (χ2n) is 5.76. The Labute approximate surface area is 171 Å². The van der Waals surface area contributed by atoms with Crippen LogP contribution in [0.3, 0.4) is 0 Å². The summed E-state index contributed by atoms with van der Waals surface area (Å²) in [5, 5.41) is 13.5. The van der Waals surface area contributed by atoms with Gasteiger partial charge >= 0.3 is 5.69 Å². The number of rotatable bonds is 8. The van der Waals surface area contributed by atoms with Crippen molar-refractivity contribution in [2.24, 2.45) is 0 Å². The zero-order valence-corrected chi connectivity index (χ0v) is 16.1. The van der Waals surface area contributed by atoms with Gasteiger partial charge in [0.1, 0.15) is 0 Å². The molecular weight excluding hydrogens is 414 g/mol. The van der Waals surface area contributed by atoms with E-state index in [0.717, 1.165) is 0 Å². The second kappa shape index (κ2) is 8.96. The van der Waals surface area contributed by atoms with Crippen molar-refractivity contribution in [2.75, 3.05) is 16.6 Å². The van der Waals surface area contributed by atoms with Crippen LogP contribution in [0.4, 0.5) is 17.3 Å². The van der Waals surface area contributed by atoms with E-state index in [4.69, 9.17) is 4.74 Å². The van der Waals surface area contributed by atoms with Gasteiger partial charge in [-0.15, -0.1) is 0 Å². The van der Waals surface area contributed by atoms with Gasteiger partial charge in [-0.05, 0) is 36.4 Å². The number of nitro groups is 1. The molecule has 0 saturated carbocycles. The Bertz CT molecular complexity index is 1150. The van der Waals surface area contributed by atoms with E-state index in [1.165, 1.54) is 54.9 Å². The van der Waals surface area contributed by atoms with Crippen LogP contribution in [0.5, 0.6) is 5.75 Å². The van der Waals surface area contributed by atoms with Crippen molar-refractivity contribution in [1.29, 1.82) is 0 Å². The van der Waals surface area contributed by atoms with E-state index in [9.17, 15) is 23.3 Å². The normalized spacial score (nSPS) is 10.8. The first-order chi connectivity index (χ1) is 14.3. The highest BCUT2D eigenvalue weighted by Crippen LogP contribution is 2.25. The number of sulfonamides is 1. The van der Waals surface area contributed by atoms with Gasteiger partial charge in [0.2, 0.25) is 5.95 Å². The van der Waals surface area contributed by atoms with Crippen molar-refractivity contribution in [3.63, 3.8) is 0 Å². The zero-order valence-electron chi connectivity index (χ0n) is 15.3. The summed E-state index contributed by atoms with van der Waals surface area (Å²) in [5.74, 6) is -0.671. The van der Waals surface area contributed by atoms with Gasteiger partial charge in [-0.2, -0.15) is 0 Å². The topological polar surface area (TPSA) is 153 Å². The number of hydrogen-bond donors (Lipinski definition) is 2. The van der Waals surface area contributed by atoms with E-state index in [2.05, 4.69) is 20.0 Å². The van der Waals surface area contributed by atoms with Crippen molar-refractivity contribution in [3.05, 3.63) is 77.1 Å². The second-order valence-corrected chi connectivity index (χ2v) is 7.45. The molecule has 0 aliphatic carbocycles. The Morgan fingerprint density at radius 2 is 1.70 bits per heavy atom. The molecule has 3 aromatic rings. The highest BCUT2D eigenvalue weighted by Gasteiger charge is 2.17. The van der Waals surface area contributed by atoms with Crippen LogP contribution in [-0.2, 0) is 14.8 Å². The van der Waals surface area contributed by atoms with Crippen LogP contribution >= 0.6 is 0 Å². The van der Waals surface area contributed by atoms with Gasteiger partial charge in [0.25, 0.3) is 15.9 Å². The molecule has 0 aliphatic heterocycles. The van der Waals surface area contributed by atoms with Gasteiger partial charge in [0.05, 0.1) is 9.82 Å². The maximum absolute atomic E-state index is 12.3. The van der Waals surface area contributed by atoms with E-state index >= 15 is 0 Å². The summed E-state index contributed by atoms with van der Waals surface area (Å²) in [6.45, 7) is -0.461. The number of carbonyl (C=O) groups excluding carboxylic acids is 1. The number of carbonyl (C=O) groups is 1. The first-order valence-corrected chi connectivity index (χ1v) is 9.89. The van der Waals surface area contributed by atoms with Crippen LogP contribution in [0.2, 0.25) is 0 Å². The van der Waals surface area contributed by atoms with Gasteiger partial charge in [0.15, 0.2) is 12.4 Å². The molecule has 12 heteroatoms. The van der Waals surface area contributed by atoms with Crippen LogP contribution in [0.1, 0.15) is 0 Å². The maximum atomic E-state index is 12.3. The fraction of sp³-hybridized carbons (Fsp3) is 0.0556. The number of ether oxygens (including phenoxy) is 1. The number of hydrogen-bond acceptors (Lipinski definition) is 8. The van der Waals surface area contributed by atoms with Crippen LogP contribution in [-0.4, -0.2) is 35.8 Å². The number of amides is 1. The van der Waals surface area contributed by atoms with E-state index in [1.54, 1.807) is 12.1 Å². The molecule has 11 nitrogen and oxygen atoms in total. The molecule has 0 bridgehead atoms. The average Bonchev–Trinajstić information content (AvgIpc) is 2.73. The summed E-state index contributed by atoms with van der Waals surface area (Å²) < 4.78 is 32.1. The Morgan fingerprint density at radius 1 is 1.03 bits per heavy atom. The number of benzene rings is 2. The molecule has 1 heterocycles. The van der Waals surface area contributed by atoms with Crippen LogP contribution in [0.15, 0.2) is 71.9 Å². The van der Waals surface area contributed by atoms with Crippen molar-refractivity contribution in [3.8, 4) is 5.75 Å². The number of para-hydroxylation sites is 2. The minimum absolute atomic E-state index is 0.0340. The summed E-state index contributed by atoms with van der Waals surface area (Å²) >= 11 is 0. The third-order valence-corrected chi connectivity index (χ3v) is 5.00. The molecular formula is C18H15N5O6S. The van der Waals surface area contributed by atoms with Crippen LogP contribution in [0.25, 0.3) is 0 Å². The Hall–Kier alpha value is -4.06. The van der Waals surface area contributed by atoms with Gasteiger partial charge < -0.3 is 10.1 Å². The highest BCUT2D eigenvalue weighted by molar-refractivity contribution is 7.92. The minimum atomic E-state index is -3.89. The van der Waals surface area contributed by atoms with Gasteiger partial charge in [0, 0.05) is 24.1 Å². The summed E-state index contributed by atoms with van der Waals surface area (Å²) in [5.41, 5.74) is 0.0656. The van der Waals surface area contributed by atoms with E-state index < -0.39 is 27.5 Å². The lowest BCUT2D eigenvalue weighted by Gasteiger charge is -2.09. The number of nitrogens with zero attached hydrogens (tertiary/aromatic N) is 3. The van der Waals surface area contributed by atoms with Gasteiger partial charge in [-0.25, -0.2) is 23.1 Å². The predicted molar refractivity (Wildman–Crippen MR) is 107 cm³/mol. The molecule has 0 saturated heterocycles. The van der Waals surface area contributed by atoms with Crippen molar-refractivity contribution >= 4 is 33.3 Å². The molecule has 154 valence electrons. The molecule has 0 atom stereocenters. The largest absolute Gasteiger partial charge is 0.477 e. The molecule has 0 spiro atoms. The first kappa shape index (κ1) is 20.7. The van der Waals surface area contributed by atoms with E-state index in [1.807, 2.05) is 0 Å². The molecule has 2 N–H and O–H groups in total.